The first-order chi connectivity index (χ1) is 7.26. The molecule has 86 valence electrons. The highest BCUT2D eigenvalue weighted by atomic mass is 16.4. The van der Waals surface area contributed by atoms with Crippen LogP contribution >= 0.6 is 0 Å². The number of aromatic nitrogens is 2. The maximum absolute atomic E-state index is 5.60. The average molecular weight is 212 g/mol. The number of anilines is 2. The highest BCUT2D eigenvalue weighted by molar-refractivity contribution is 5.31. The predicted octanol–water partition coefficient (Wildman–Crippen LogP) is 1.76. The number of hydrogen-bond donors (Lipinski definition) is 0. The minimum Gasteiger partial charge on any atom is -0.389 e. The Kier molecular flexibility index (Phi) is 4.39. The molecule has 1 rings (SSSR count). The van der Waals surface area contributed by atoms with Crippen LogP contribution in [0.15, 0.2) is 4.42 Å². The van der Waals surface area contributed by atoms with Crippen molar-refractivity contribution in [3.8, 4) is 0 Å². The smallest absolute Gasteiger partial charge is 0.319 e. The lowest BCUT2D eigenvalue weighted by atomic mass is 10.5. The van der Waals surface area contributed by atoms with Gasteiger partial charge in [0.25, 0.3) is 0 Å². The summed E-state index contributed by atoms with van der Waals surface area (Å²) in [5, 5.41) is 8.09. The molecule has 0 aliphatic carbocycles. The van der Waals surface area contributed by atoms with E-state index >= 15 is 0 Å². The first kappa shape index (κ1) is 11.8. The van der Waals surface area contributed by atoms with Crippen LogP contribution in [0.4, 0.5) is 12.0 Å². The fourth-order valence-corrected chi connectivity index (χ4v) is 1.45. The maximum atomic E-state index is 5.60. The largest absolute Gasteiger partial charge is 0.389 e. The molecule has 0 unspecified atom stereocenters. The van der Waals surface area contributed by atoms with Crippen molar-refractivity contribution in [3.05, 3.63) is 0 Å². The second kappa shape index (κ2) is 5.58. The molecule has 0 aliphatic heterocycles. The minimum absolute atomic E-state index is 0.613. The molecule has 0 saturated heterocycles. The summed E-state index contributed by atoms with van der Waals surface area (Å²) in [6.45, 7) is 11.8. The SMILES string of the molecule is CCN(CC)c1nnc(N(CC)CC)o1. The van der Waals surface area contributed by atoms with Crippen LogP contribution in [0, 0.1) is 0 Å². The molecule has 1 aromatic rings. The van der Waals surface area contributed by atoms with Crippen molar-refractivity contribution in [3.63, 3.8) is 0 Å². The molecule has 0 radical (unpaired) electrons. The highest BCUT2D eigenvalue weighted by Gasteiger charge is 2.14. The molecule has 0 fully saturated rings. The molecule has 0 saturated carbocycles. The first-order valence-corrected chi connectivity index (χ1v) is 5.60. The molecule has 1 aromatic heterocycles. The van der Waals surface area contributed by atoms with Gasteiger partial charge in [0.15, 0.2) is 0 Å². The van der Waals surface area contributed by atoms with Crippen molar-refractivity contribution in [2.24, 2.45) is 0 Å². The highest BCUT2D eigenvalue weighted by Crippen LogP contribution is 2.18. The lowest BCUT2D eigenvalue weighted by Gasteiger charge is -2.16. The van der Waals surface area contributed by atoms with Gasteiger partial charge in [-0.3, -0.25) is 0 Å². The molecular formula is C10H20N4O. The van der Waals surface area contributed by atoms with Gasteiger partial charge in [-0.2, -0.15) is 0 Å². The van der Waals surface area contributed by atoms with Gasteiger partial charge < -0.3 is 14.2 Å². The normalized spacial score (nSPS) is 10.4. The summed E-state index contributed by atoms with van der Waals surface area (Å²) in [5.74, 6) is 0. The summed E-state index contributed by atoms with van der Waals surface area (Å²) >= 11 is 0. The fourth-order valence-electron chi connectivity index (χ4n) is 1.45. The van der Waals surface area contributed by atoms with Gasteiger partial charge >= 0.3 is 12.0 Å². The molecule has 15 heavy (non-hydrogen) atoms. The molecule has 0 atom stereocenters. The second-order valence-electron chi connectivity index (χ2n) is 3.21. The van der Waals surface area contributed by atoms with E-state index in [0.29, 0.717) is 12.0 Å². The Morgan fingerprint density at radius 1 is 0.800 bits per heavy atom. The molecule has 0 bridgehead atoms. The van der Waals surface area contributed by atoms with Crippen LogP contribution in [0.1, 0.15) is 27.7 Å². The number of hydrogen-bond acceptors (Lipinski definition) is 5. The van der Waals surface area contributed by atoms with E-state index in [2.05, 4.69) is 37.9 Å². The predicted molar refractivity (Wildman–Crippen MR) is 61.4 cm³/mol. The maximum Gasteiger partial charge on any atom is 0.319 e. The van der Waals surface area contributed by atoms with E-state index in [-0.39, 0.29) is 0 Å². The summed E-state index contributed by atoms with van der Waals surface area (Å²) in [6, 6.07) is 1.23. The molecule has 0 amide bonds. The summed E-state index contributed by atoms with van der Waals surface area (Å²) in [5.41, 5.74) is 0. The van der Waals surface area contributed by atoms with Crippen molar-refractivity contribution in [2.45, 2.75) is 27.7 Å². The molecular weight excluding hydrogens is 192 g/mol. The lowest BCUT2D eigenvalue weighted by Crippen LogP contribution is -2.23. The molecule has 0 aromatic carbocycles. The summed E-state index contributed by atoms with van der Waals surface area (Å²) in [4.78, 5) is 4.08. The Morgan fingerprint density at radius 3 is 1.40 bits per heavy atom. The van der Waals surface area contributed by atoms with E-state index in [1.807, 2.05) is 9.80 Å². The van der Waals surface area contributed by atoms with Crippen LogP contribution < -0.4 is 9.80 Å². The van der Waals surface area contributed by atoms with Gasteiger partial charge in [0, 0.05) is 26.2 Å². The van der Waals surface area contributed by atoms with Crippen molar-refractivity contribution < 1.29 is 4.42 Å². The van der Waals surface area contributed by atoms with Crippen LogP contribution in [0.5, 0.6) is 0 Å². The van der Waals surface area contributed by atoms with Crippen molar-refractivity contribution in [2.75, 3.05) is 36.0 Å². The van der Waals surface area contributed by atoms with E-state index in [4.69, 9.17) is 4.42 Å². The third-order valence-electron chi connectivity index (χ3n) is 2.47. The van der Waals surface area contributed by atoms with Crippen molar-refractivity contribution in [1.29, 1.82) is 0 Å². The molecule has 5 nitrogen and oxygen atoms in total. The lowest BCUT2D eigenvalue weighted by molar-refractivity contribution is 0.524. The third-order valence-corrected chi connectivity index (χ3v) is 2.47. The monoisotopic (exact) mass is 212 g/mol. The quantitative estimate of drug-likeness (QED) is 0.719. The Hall–Kier alpha value is -1.26. The Balaban J connectivity index is 2.78. The van der Waals surface area contributed by atoms with Gasteiger partial charge in [0.2, 0.25) is 0 Å². The Labute approximate surface area is 91.1 Å². The number of rotatable bonds is 6. The molecule has 5 heteroatoms. The summed E-state index contributed by atoms with van der Waals surface area (Å²) < 4.78 is 5.60. The average Bonchev–Trinajstić information content (AvgIpc) is 2.71. The molecule has 0 aliphatic rings. The van der Waals surface area contributed by atoms with Gasteiger partial charge in [-0.05, 0) is 27.7 Å². The first-order valence-electron chi connectivity index (χ1n) is 5.60. The zero-order chi connectivity index (χ0) is 11.3. The molecule has 0 N–H and O–H groups in total. The Morgan fingerprint density at radius 2 is 1.13 bits per heavy atom. The summed E-state index contributed by atoms with van der Waals surface area (Å²) in [7, 11) is 0. The van der Waals surface area contributed by atoms with Gasteiger partial charge in [-0.1, -0.05) is 10.2 Å². The van der Waals surface area contributed by atoms with Gasteiger partial charge in [0.1, 0.15) is 0 Å². The molecule has 0 spiro atoms. The van der Waals surface area contributed by atoms with Crippen LogP contribution in [-0.4, -0.2) is 36.4 Å². The van der Waals surface area contributed by atoms with Crippen molar-refractivity contribution in [1.82, 2.24) is 10.2 Å². The third kappa shape index (κ3) is 2.61. The fraction of sp³-hybridized carbons (Fsp3) is 0.800. The van der Waals surface area contributed by atoms with Gasteiger partial charge in [-0.25, -0.2) is 0 Å². The summed E-state index contributed by atoms with van der Waals surface area (Å²) in [6.07, 6.45) is 0. The van der Waals surface area contributed by atoms with Crippen LogP contribution in [0.2, 0.25) is 0 Å². The van der Waals surface area contributed by atoms with Crippen LogP contribution in [0.25, 0.3) is 0 Å². The van der Waals surface area contributed by atoms with E-state index in [9.17, 15) is 0 Å². The van der Waals surface area contributed by atoms with Crippen LogP contribution in [0.3, 0.4) is 0 Å². The van der Waals surface area contributed by atoms with Crippen molar-refractivity contribution >= 4 is 12.0 Å². The van der Waals surface area contributed by atoms with Gasteiger partial charge in [-0.15, -0.1) is 0 Å². The topological polar surface area (TPSA) is 45.4 Å². The van der Waals surface area contributed by atoms with Gasteiger partial charge in [0.05, 0.1) is 0 Å². The van der Waals surface area contributed by atoms with E-state index in [1.54, 1.807) is 0 Å². The minimum atomic E-state index is 0.613. The van der Waals surface area contributed by atoms with E-state index < -0.39 is 0 Å². The van der Waals surface area contributed by atoms with E-state index in [1.165, 1.54) is 0 Å². The standard InChI is InChI=1S/C10H20N4O/c1-5-13(6-2)9-11-12-10(15-9)14(7-3)8-4/h5-8H2,1-4H3. The number of nitrogens with zero attached hydrogens (tertiary/aromatic N) is 4. The van der Waals surface area contributed by atoms with Crippen LogP contribution in [-0.2, 0) is 0 Å². The Bertz CT molecular complexity index is 252. The zero-order valence-corrected chi connectivity index (χ0v) is 10.0. The zero-order valence-electron chi connectivity index (χ0n) is 10.0. The van der Waals surface area contributed by atoms with E-state index in [0.717, 1.165) is 26.2 Å². The second-order valence-corrected chi connectivity index (χ2v) is 3.21. The molecule has 1 heterocycles.